The maximum Gasteiger partial charge on any atom is -0.0184 e. The Morgan fingerprint density at radius 3 is 2.06 bits per heavy atom. The predicted octanol–water partition coefficient (Wildman–Crippen LogP) is 4.97. The largest absolute Gasteiger partial charge is 0.0984 e. The van der Waals surface area contributed by atoms with Crippen molar-refractivity contribution in [1.29, 1.82) is 0 Å². The average molecular weight is 232 g/mol. The van der Waals surface area contributed by atoms with Crippen molar-refractivity contribution >= 4 is 11.6 Å². The van der Waals surface area contributed by atoms with Gasteiger partial charge in [0.1, 0.15) is 0 Å². The SMILES string of the molecule is C=C/C(=C/C=C/c1ccccc1)c1ccccc1. The monoisotopic (exact) mass is 232 g/mol. The van der Waals surface area contributed by atoms with Crippen LogP contribution in [0.25, 0.3) is 11.6 Å². The van der Waals surface area contributed by atoms with Crippen LogP contribution in [-0.2, 0) is 0 Å². The number of benzene rings is 2. The molecule has 0 aliphatic heterocycles. The maximum absolute atomic E-state index is 3.86. The van der Waals surface area contributed by atoms with Gasteiger partial charge in [0, 0.05) is 0 Å². The van der Waals surface area contributed by atoms with Crippen molar-refractivity contribution in [3.8, 4) is 0 Å². The van der Waals surface area contributed by atoms with E-state index in [1.165, 1.54) is 11.1 Å². The molecule has 0 spiro atoms. The Balaban J connectivity index is 2.17. The Hall–Kier alpha value is -2.34. The van der Waals surface area contributed by atoms with E-state index in [-0.39, 0.29) is 0 Å². The third kappa shape index (κ3) is 3.33. The van der Waals surface area contributed by atoms with Gasteiger partial charge in [0.15, 0.2) is 0 Å². The molecule has 0 heterocycles. The molecule has 0 heteroatoms. The first-order valence-electron chi connectivity index (χ1n) is 6.01. The third-order valence-corrected chi connectivity index (χ3v) is 2.69. The molecule has 0 N–H and O–H groups in total. The summed E-state index contributed by atoms with van der Waals surface area (Å²) >= 11 is 0. The topological polar surface area (TPSA) is 0 Å². The van der Waals surface area contributed by atoms with E-state index >= 15 is 0 Å². The molecule has 0 bridgehead atoms. The highest BCUT2D eigenvalue weighted by Crippen LogP contribution is 2.15. The van der Waals surface area contributed by atoms with E-state index in [9.17, 15) is 0 Å². The van der Waals surface area contributed by atoms with E-state index in [1.807, 2.05) is 42.5 Å². The third-order valence-electron chi connectivity index (χ3n) is 2.69. The molecule has 0 unspecified atom stereocenters. The van der Waals surface area contributed by atoms with E-state index < -0.39 is 0 Å². The van der Waals surface area contributed by atoms with Crippen LogP contribution in [0.2, 0.25) is 0 Å². The van der Waals surface area contributed by atoms with Crippen LogP contribution >= 0.6 is 0 Å². The zero-order chi connectivity index (χ0) is 12.6. The highest BCUT2D eigenvalue weighted by molar-refractivity contribution is 5.75. The summed E-state index contributed by atoms with van der Waals surface area (Å²) in [6, 6.07) is 20.5. The maximum atomic E-state index is 3.86. The first-order valence-corrected chi connectivity index (χ1v) is 6.01. The van der Waals surface area contributed by atoms with E-state index in [0.29, 0.717) is 0 Å². The van der Waals surface area contributed by atoms with Crippen LogP contribution in [0.3, 0.4) is 0 Å². The molecular weight excluding hydrogens is 216 g/mol. The Labute approximate surface area is 109 Å². The highest BCUT2D eigenvalue weighted by atomic mass is 14.0. The number of hydrogen-bond acceptors (Lipinski definition) is 0. The lowest BCUT2D eigenvalue weighted by Crippen LogP contribution is -1.78. The van der Waals surface area contributed by atoms with Crippen LogP contribution in [0, 0.1) is 0 Å². The van der Waals surface area contributed by atoms with E-state index in [1.54, 1.807) is 0 Å². The first-order chi connectivity index (χ1) is 8.90. The average Bonchev–Trinajstić information content (AvgIpc) is 2.46. The summed E-state index contributed by atoms with van der Waals surface area (Å²) in [5.74, 6) is 0. The lowest BCUT2D eigenvalue weighted by atomic mass is 10.1. The highest BCUT2D eigenvalue weighted by Gasteiger charge is 1.93. The summed E-state index contributed by atoms with van der Waals surface area (Å²) in [5.41, 5.74) is 3.51. The Kier molecular flexibility index (Phi) is 4.32. The summed E-state index contributed by atoms with van der Waals surface area (Å²) in [7, 11) is 0. The quantitative estimate of drug-likeness (QED) is 0.653. The van der Waals surface area contributed by atoms with Gasteiger partial charge in [-0.2, -0.15) is 0 Å². The fourth-order valence-corrected chi connectivity index (χ4v) is 1.74. The lowest BCUT2D eigenvalue weighted by molar-refractivity contribution is 1.62. The molecule has 0 aromatic heterocycles. The summed E-state index contributed by atoms with van der Waals surface area (Å²) in [6.45, 7) is 3.86. The molecule has 18 heavy (non-hydrogen) atoms. The van der Waals surface area contributed by atoms with Crippen molar-refractivity contribution in [2.24, 2.45) is 0 Å². The number of hydrogen-bond donors (Lipinski definition) is 0. The summed E-state index contributed by atoms with van der Waals surface area (Å²) in [4.78, 5) is 0. The van der Waals surface area contributed by atoms with Crippen molar-refractivity contribution < 1.29 is 0 Å². The summed E-state index contributed by atoms with van der Waals surface area (Å²) in [6.07, 6.45) is 8.10. The van der Waals surface area contributed by atoms with Gasteiger partial charge in [-0.05, 0) is 16.7 Å². The van der Waals surface area contributed by atoms with Crippen LogP contribution in [0.5, 0.6) is 0 Å². The van der Waals surface area contributed by atoms with Gasteiger partial charge in [-0.25, -0.2) is 0 Å². The molecule has 88 valence electrons. The van der Waals surface area contributed by atoms with Crippen LogP contribution in [0.15, 0.2) is 85.5 Å². The van der Waals surface area contributed by atoms with Gasteiger partial charge in [-0.1, -0.05) is 91.5 Å². The molecule has 0 amide bonds. The van der Waals surface area contributed by atoms with Gasteiger partial charge < -0.3 is 0 Å². The zero-order valence-electron chi connectivity index (χ0n) is 10.3. The van der Waals surface area contributed by atoms with Crippen molar-refractivity contribution in [3.05, 3.63) is 96.6 Å². The molecular formula is C18H16. The van der Waals surface area contributed by atoms with Crippen LogP contribution in [0.4, 0.5) is 0 Å². The molecule has 0 radical (unpaired) electrons. The van der Waals surface area contributed by atoms with Crippen LogP contribution in [-0.4, -0.2) is 0 Å². The van der Waals surface area contributed by atoms with Crippen LogP contribution in [0.1, 0.15) is 11.1 Å². The smallest absolute Gasteiger partial charge is 0.0184 e. The normalized spacial score (nSPS) is 11.7. The van der Waals surface area contributed by atoms with Crippen molar-refractivity contribution in [2.75, 3.05) is 0 Å². The molecule has 0 fully saturated rings. The Bertz CT molecular complexity index is 545. The van der Waals surface area contributed by atoms with E-state index in [2.05, 4.69) is 49.1 Å². The standard InChI is InChI=1S/C18H16/c1-2-17(18-13-7-4-8-14-18)15-9-12-16-10-5-3-6-11-16/h2-15H,1H2/b12-9+,17-15-. The van der Waals surface area contributed by atoms with Gasteiger partial charge in [0.2, 0.25) is 0 Å². The molecule has 0 saturated carbocycles. The predicted molar refractivity (Wildman–Crippen MR) is 80.1 cm³/mol. The van der Waals surface area contributed by atoms with Gasteiger partial charge in [-0.15, -0.1) is 0 Å². The molecule has 2 aromatic carbocycles. The second kappa shape index (κ2) is 6.41. The molecule has 0 saturated heterocycles. The minimum absolute atomic E-state index is 1.13. The Morgan fingerprint density at radius 1 is 0.833 bits per heavy atom. The van der Waals surface area contributed by atoms with Gasteiger partial charge in [0.25, 0.3) is 0 Å². The van der Waals surface area contributed by atoms with E-state index in [4.69, 9.17) is 0 Å². The molecule has 0 aliphatic carbocycles. The van der Waals surface area contributed by atoms with Gasteiger partial charge >= 0.3 is 0 Å². The zero-order valence-corrected chi connectivity index (χ0v) is 10.3. The summed E-state index contributed by atoms with van der Waals surface area (Å²) in [5, 5.41) is 0. The molecule has 2 aromatic rings. The second-order valence-corrected chi connectivity index (χ2v) is 3.96. The molecule has 2 rings (SSSR count). The Morgan fingerprint density at radius 2 is 1.44 bits per heavy atom. The molecule has 0 nitrogen and oxygen atoms in total. The summed E-state index contributed by atoms with van der Waals surface area (Å²) < 4.78 is 0. The minimum Gasteiger partial charge on any atom is -0.0984 e. The fraction of sp³-hybridized carbons (Fsp3) is 0. The molecule has 0 atom stereocenters. The lowest BCUT2D eigenvalue weighted by Gasteiger charge is -1.99. The minimum atomic E-state index is 1.13. The molecule has 0 aliphatic rings. The number of rotatable bonds is 4. The van der Waals surface area contributed by atoms with Gasteiger partial charge in [-0.3, -0.25) is 0 Å². The fourth-order valence-electron chi connectivity index (χ4n) is 1.74. The van der Waals surface area contributed by atoms with Crippen molar-refractivity contribution in [2.45, 2.75) is 0 Å². The second-order valence-electron chi connectivity index (χ2n) is 3.96. The van der Waals surface area contributed by atoms with Crippen LogP contribution < -0.4 is 0 Å². The number of allylic oxidation sites excluding steroid dienone is 4. The first kappa shape index (κ1) is 12.1. The van der Waals surface area contributed by atoms with E-state index in [0.717, 1.165) is 5.57 Å². The van der Waals surface area contributed by atoms with Crippen molar-refractivity contribution in [3.63, 3.8) is 0 Å². The van der Waals surface area contributed by atoms with Gasteiger partial charge in [0.05, 0.1) is 0 Å². The van der Waals surface area contributed by atoms with Crippen molar-refractivity contribution in [1.82, 2.24) is 0 Å².